The third kappa shape index (κ3) is 2.58. The molecule has 1 atom stereocenters. The van der Waals surface area contributed by atoms with Gasteiger partial charge in [0.15, 0.2) is 5.78 Å². The van der Waals surface area contributed by atoms with Crippen molar-refractivity contribution >= 4 is 28.3 Å². The monoisotopic (exact) mass is 299 g/mol. The van der Waals surface area contributed by atoms with Crippen LogP contribution in [0.4, 0.5) is 0 Å². The number of rotatable bonds is 3. The van der Waals surface area contributed by atoms with Crippen molar-refractivity contribution in [3.8, 4) is 0 Å². The fraction of sp³-hybridized carbons (Fsp3) is 0. The van der Waals surface area contributed by atoms with Gasteiger partial charge in [-0.25, -0.2) is 0 Å². The van der Waals surface area contributed by atoms with Crippen molar-refractivity contribution in [2.24, 2.45) is 0 Å². The Morgan fingerprint density at radius 2 is 1.75 bits per heavy atom. The van der Waals surface area contributed by atoms with Crippen molar-refractivity contribution in [2.75, 3.05) is 0 Å². The van der Waals surface area contributed by atoms with Crippen LogP contribution in [0.3, 0.4) is 0 Å². The van der Waals surface area contributed by atoms with E-state index in [1.165, 1.54) is 0 Å². The summed E-state index contributed by atoms with van der Waals surface area (Å²) >= 11 is 6.31. The van der Waals surface area contributed by atoms with Crippen LogP contribution in [0.2, 0.25) is 0 Å². The SMILES string of the molecule is O=C(C1=C[SH](c2cc[c]cc2)C(Cl)=C1)c1ccccc1. The highest BCUT2D eigenvalue weighted by Crippen LogP contribution is 2.52. The second-order valence-corrected chi connectivity index (χ2v) is 7.04. The predicted molar refractivity (Wildman–Crippen MR) is 85.3 cm³/mol. The second-order valence-electron chi connectivity index (χ2n) is 4.37. The van der Waals surface area contributed by atoms with Gasteiger partial charge in [0, 0.05) is 11.1 Å². The molecule has 0 aliphatic carbocycles. The molecule has 2 aromatic rings. The number of halogens is 1. The number of carbonyl (C=O) groups is 1. The Morgan fingerprint density at radius 1 is 1.05 bits per heavy atom. The Morgan fingerprint density at radius 3 is 2.45 bits per heavy atom. The summed E-state index contributed by atoms with van der Waals surface area (Å²) in [4.78, 5) is 13.5. The number of allylic oxidation sites excluding steroid dienone is 2. The first-order valence-electron chi connectivity index (χ1n) is 6.20. The summed E-state index contributed by atoms with van der Waals surface area (Å²) in [6, 6.07) is 20.0. The number of benzene rings is 2. The van der Waals surface area contributed by atoms with E-state index in [-0.39, 0.29) is 5.78 Å². The molecule has 1 nitrogen and oxygen atoms in total. The lowest BCUT2D eigenvalue weighted by Gasteiger charge is -2.12. The topological polar surface area (TPSA) is 17.1 Å². The van der Waals surface area contributed by atoms with E-state index >= 15 is 0 Å². The second kappa shape index (κ2) is 5.70. The lowest BCUT2D eigenvalue weighted by Crippen LogP contribution is -1.99. The summed E-state index contributed by atoms with van der Waals surface area (Å²) in [5.41, 5.74) is 1.37. The third-order valence-electron chi connectivity index (χ3n) is 3.05. The average Bonchev–Trinajstić information content (AvgIpc) is 2.90. The number of carbonyl (C=O) groups excluding carboxylic acids is 1. The number of Topliss-reactive ketones (excluding diaryl/α,β-unsaturated/α-hetero) is 1. The van der Waals surface area contributed by atoms with Crippen LogP contribution in [-0.2, 0) is 0 Å². The quantitative estimate of drug-likeness (QED) is 0.642. The molecule has 3 heteroatoms. The molecule has 0 amide bonds. The molecular weight excluding hydrogens is 288 g/mol. The first-order valence-corrected chi connectivity index (χ1v) is 7.99. The zero-order valence-corrected chi connectivity index (χ0v) is 12.2. The highest BCUT2D eigenvalue weighted by Gasteiger charge is 2.20. The Hall–Kier alpha value is -1.77. The molecule has 0 saturated heterocycles. The Bertz CT molecular complexity index is 689. The lowest BCUT2D eigenvalue weighted by atomic mass is 10.1. The number of ketones is 1. The highest BCUT2D eigenvalue weighted by atomic mass is 35.5. The van der Waals surface area contributed by atoms with Crippen LogP contribution in [0, 0.1) is 6.07 Å². The molecule has 0 N–H and O–H groups in total. The van der Waals surface area contributed by atoms with Gasteiger partial charge in [0.05, 0.1) is 4.36 Å². The van der Waals surface area contributed by atoms with Crippen LogP contribution in [0.25, 0.3) is 0 Å². The molecule has 3 rings (SSSR count). The van der Waals surface area contributed by atoms with Gasteiger partial charge in [-0.2, -0.15) is 10.9 Å². The molecule has 1 unspecified atom stereocenters. The maximum absolute atomic E-state index is 12.4. The number of thiol groups is 1. The molecule has 1 heterocycles. The van der Waals surface area contributed by atoms with Gasteiger partial charge in [-0.15, -0.1) is 0 Å². The van der Waals surface area contributed by atoms with Crippen LogP contribution in [0.1, 0.15) is 10.4 Å². The normalized spacial score (nSPS) is 19.4. The van der Waals surface area contributed by atoms with Crippen molar-refractivity contribution in [2.45, 2.75) is 4.90 Å². The summed E-state index contributed by atoms with van der Waals surface area (Å²) < 4.78 is 0.741. The first-order chi connectivity index (χ1) is 9.75. The molecule has 99 valence electrons. The molecule has 0 spiro atoms. The van der Waals surface area contributed by atoms with Gasteiger partial charge in [0.2, 0.25) is 0 Å². The van der Waals surface area contributed by atoms with Gasteiger partial charge < -0.3 is 0 Å². The van der Waals surface area contributed by atoms with Crippen molar-refractivity contribution < 1.29 is 4.79 Å². The summed E-state index contributed by atoms with van der Waals surface area (Å²) in [7, 11) is -0.740. The van der Waals surface area contributed by atoms with E-state index in [0.717, 1.165) is 9.26 Å². The molecule has 0 fully saturated rings. The molecule has 1 radical (unpaired) electrons. The molecule has 2 aromatic carbocycles. The largest absolute Gasteiger partial charge is 0.289 e. The summed E-state index contributed by atoms with van der Waals surface area (Å²) in [6.45, 7) is 0. The molecular formula is C17H12ClOS. The van der Waals surface area contributed by atoms with Crippen LogP contribution in [0.5, 0.6) is 0 Å². The lowest BCUT2D eigenvalue weighted by molar-refractivity contribution is 0.103. The minimum absolute atomic E-state index is 0.0243. The van der Waals surface area contributed by atoms with Crippen LogP contribution in [-0.4, -0.2) is 5.78 Å². The Balaban J connectivity index is 1.92. The Kier molecular flexibility index (Phi) is 3.77. The predicted octanol–water partition coefficient (Wildman–Crippen LogP) is 4.71. The third-order valence-corrected chi connectivity index (χ3v) is 5.69. The highest BCUT2D eigenvalue weighted by molar-refractivity contribution is 8.24. The molecule has 0 saturated carbocycles. The average molecular weight is 300 g/mol. The van der Waals surface area contributed by atoms with Gasteiger partial charge >= 0.3 is 0 Å². The van der Waals surface area contributed by atoms with E-state index in [1.54, 1.807) is 6.08 Å². The van der Waals surface area contributed by atoms with Gasteiger partial charge in [-0.3, -0.25) is 4.79 Å². The Labute approximate surface area is 125 Å². The smallest absolute Gasteiger partial charge is 0.193 e. The molecule has 20 heavy (non-hydrogen) atoms. The van der Waals surface area contributed by atoms with Gasteiger partial charge in [-0.1, -0.05) is 54.1 Å². The first kappa shape index (κ1) is 13.2. The minimum atomic E-state index is -0.740. The number of hydrogen-bond donors (Lipinski definition) is 1. The zero-order valence-electron chi connectivity index (χ0n) is 10.6. The van der Waals surface area contributed by atoms with Crippen LogP contribution >= 0.6 is 22.5 Å². The summed E-state index contributed by atoms with van der Waals surface area (Å²) in [5, 5.41) is 1.99. The van der Waals surface area contributed by atoms with Gasteiger partial charge in [-0.05, 0) is 34.6 Å². The van der Waals surface area contributed by atoms with Crippen molar-refractivity contribution in [1.29, 1.82) is 0 Å². The van der Waals surface area contributed by atoms with E-state index in [2.05, 4.69) is 6.07 Å². The molecule has 0 aromatic heterocycles. The van der Waals surface area contributed by atoms with Crippen molar-refractivity contribution in [1.82, 2.24) is 0 Å². The molecule has 1 aliphatic heterocycles. The van der Waals surface area contributed by atoms with E-state index in [4.69, 9.17) is 11.6 Å². The minimum Gasteiger partial charge on any atom is -0.289 e. The summed E-state index contributed by atoms with van der Waals surface area (Å²) in [6.07, 6.45) is 1.79. The zero-order chi connectivity index (χ0) is 13.9. The molecule has 1 aliphatic rings. The maximum Gasteiger partial charge on any atom is 0.193 e. The van der Waals surface area contributed by atoms with E-state index < -0.39 is 10.9 Å². The maximum atomic E-state index is 12.4. The van der Waals surface area contributed by atoms with E-state index in [1.807, 2.05) is 60.0 Å². The summed E-state index contributed by atoms with van der Waals surface area (Å²) in [5.74, 6) is 0.0243. The van der Waals surface area contributed by atoms with E-state index in [9.17, 15) is 4.79 Å². The van der Waals surface area contributed by atoms with Crippen molar-refractivity contribution in [3.63, 3.8) is 0 Å². The fourth-order valence-electron chi connectivity index (χ4n) is 2.05. The standard InChI is InChI=1S/C17H12ClOS/c18-16-11-14(17(19)13-7-3-1-4-8-13)12-20(16)15-9-5-2-6-10-15/h1,3-12,20H. The molecule has 0 bridgehead atoms. The fourth-order valence-corrected chi connectivity index (χ4v) is 4.35. The van der Waals surface area contributed by atoms with Crippen molar-refractivity contribution in [3.05, 3.63) is 87.6 Å². The number of hydrogen-bond acceptors (Lipinski definition) is 1. The van der Waals surface area contributed by atoms with E-state index in [0.29, 0.717) is 11.1 Å². The van der Waals surface area contributed by atoms with Crippen LogP contribution < -0.4 is 0 Å². The van der Waals surface area contributed by atoms with Crippen LogP contribution in [0.15, 0.2) is 80.9 Å². The van der Waals surface area contributed by atoms with Gasteiger partial charge in [0.1, 0.15) is 0 Å². The van der Waals surface area contributed by atoms with Gasteiger partial charge in [0.25, 0.3) is 0 Å².